The number of hydrogen-bond donors (Lipinski definition) is 0. The quantitative estimate of drug-likeness (QED) is 0.586. The fourth-order valence-corrected chi connectivity index (χ4v) is 2.08. The summed E-state index contributed by atoms with van der Waals surface area (Å²) in [5.41, 5.74) is -0.511. The Labute approximate surface area is 97.0 Å². The van der Waals surface area contributed by atoms with Gasteiger partial charge in [0.2, 0.25) is 0 Å². The van der Waals surface area contributed by atoms with Crippen LogP contribution >= 0.6 is 0 Å². The zero-order chi connectivity index (χ0) is 12.6. The minimum Gasteiger partial charge on any atom is -0.303 e. The highest BCUT2D eigenvalue weighted by Crippen LogP contribution is 2.35. The molecule has 0 saturated carbocycles. The molecular formula is C12H13F4N. The normalized spacial score (nSPS) is 19.1. The van der Waals surface area contributed by atoms with Crippen LogP contribution in [-0.4, -0.2) is 24.5 Å². The van der Waals surface area contributed by atoms with Gasteiger partial charge in [-0.1, -0.05) is 6.92 Å². The zero-order valence-corrected chi connectivity index (χ0v) is 9.39. The van der Waals surface area contributed by atoms with Gasteiger partial charge in [0.05, 0.1) is 0 Å². The van der Waals surface area contributed by atoms with Gasteiger partial charge in [0, 0.05) is 30.6 Å². The predicted molar refractivity (Wildman–Crippen MR) is 55.8 cm³/mol. The van der Waals surface area contributed by atoms with Gasteiger partial charge in [-0.3, -0.25) is 0 Å². The van der Waals surface area contributed by atoms with Crippen LogP contribution in [0.1, 0.15) is 18.7 Å². The first kappa shape index (κ1) is 12.4. The smallest absolute Gasteiger partial charge is 0.165 e. The summed E-state index contributed by atoms with van der Waals surface area (Å²) < 4.78 is 53.1. The van der Waals surface area contributed by atoms with Gasteiger partial charge in [-0.15, -0.1) is 0 Å². The van der Waals surface area contributed by atoms with Gasteiger partial charge in [0.15, 0.2) is 11.6 Å². The van der Waals surface area contributed by atoms with Crippen molar-refractivity contribution in [2.45, 2.75) is 13.1 Å². The van der Waals surface area contributed by atoms with Crippen molar-refractivity contribution in [3.05, 3.63) is 35.1 Å². The minimum absolute atomic E-state index is 0.384. The van der Waals surface area contributed by atoms with Crippen molar-refractivity contribution in [1.82, 2.24) is 4.90 Å². The van der Waals surface area contributed by atoms with E-state index in [4.69, 9.17) is 0 Å². The Morgan fingerprint density at radius 1 is 1.29 bits per heavy atom. The second-order valence-electron chi connectivity index (χ2n) is 4.30. The van der Waals surface area contributed by atoms with Crippen molar-refractivity contribution in [2.24, 2.45) is 5.92 Å². The number of likely N-dealkylation sites (tertiary alicyclic amines) is 1. The molecule has 2 rings (SSSR count). The molecule has 0 N–H and O–H groups in total. The van der Waals surface area contributed by atoms with Gasteiger partial charge in [0.1, 0.15) is 12.0 Å². The lowest BCUT2D eigenvalue weighted by Crippen LogP contribution is -2.48. The molecule has 1 atom stereocenters. The Morgan fingerprint density at radius 3 is 2.53 bits per heavy atom. The van der Waals surface area contributed by atoms with Gasteiger partial charge in [-0.25, -0.2) is 17.6 Å². The van der Waals surface area contributed by atoms with E-state index in [0.717, 1.165) is 12.6 Å². The first-order valence-electron chi connectivity index (χ1n) is 5.53. The largest absolute Gasteiger partial charge is 0.303 e. The van der Waals surface area contributed by atoms with Crippen molar-refractivity contribution in [3.8, 4) is 0 Å². The minimum atomic E-state index is -1.65. The molecule has 0 radical (unpaired) electrons. The fourth-order valence-electron chi connectivity index (χ4n) is 2.08. The Morgan fingerprint density at radius 2 is 1.94 bits per heavy atom. The number of benzene rings is 1. The highest BCUT2D eigenvalue weighted by atomic mass is 19.2. The number of halogens is 4. The molecule has 0 bridgehead atoms. The molecule has 0 aromatic heterocycles. The third kappa shape index (κ3) is 2.29. The van der Waals surface area contributed by atoms with E-state index in [-0.39, 0.29) is 5.92 Å². The van der Waals surface area contributed by atoms with Gasteiger partial charge in [-0.05, 0) is 12.6 Å². The van der Waals surface area contributed by atoms with Crippen LogP contribution in [0, 0.1) is 23.4 Å². The number of hydrogen-bond acceptors (Lipinski definition) is 1. The Hall–Kier alpha value is -1.10. The summed E-state index contributed by atoms with van der Waals surface area (Å²) in [4.78, 5) is 1.98. The van der Waals surface area contributed by atoms with E-state index in [0.29, 0.717) is 19.2 Å². The van der Waals surface area contributed by atoms with Crippen molar-refractivity contribution in [3.63, 3.8) is 0 Å². The van der Waals surface area contributed by atoms with E-state index in [1.54, 1.807) is 0 Å². The summed E-state index contributed by atoms with van der Waals surface area (Å²) in [7, 11) is 0. The van der Waals surface area contributed by atoms with Crippen molar-refractivity contribution in [1.29, 1.82) is 0 Å². The molecule has 1 aromatic rings. The van der Waals surface area contributed by atoms with E-state index < -0.39 is 29.2 Å². The second-order valence-corrected chi connectivity index (χ2v) is 4.30. The number of alkyl halides is 1. The highest BCUT2D eigenvalue weighted by molar-refractivity contribution is 5.24. The molecular weight excluding hydrogens is 234 g/mol. The average molecular weight is 247 g/mol. The molecule has 17 heavy (non-hydrogen) atoms. The van der Waals surface area contributed by atoms with E-state index in [1.165, 1.54) is 0 Å². The van der Waals surface area contributed by atoms with Crippen LogP contribution in [0.5, 0.6) is 0 Å². The zero-order valence-electron chi connectivity index (χ0n) is 9.39. The first-order chi connectivity index (χ1) is 8.02. The lowest BCUT2D eigenvalue weighted by Gasteiger charge is -2.40. The van der Waals surface area contributed by atoms with E-state index in [2.05, 4.69) is 0 Å². The molecule has 1 heterocycles. The van der Waals surface area contributed by atoms with Crippen LogP contribution in [0.15, 0.2) is 12.1 Å². The Kier molecular flexibility index (Phi) is 3.38. The molecule has 5 heteroatoms. The maximum Gasteiger partial charge on any atom is 0.165 e. The molecule has 0 aliphatic carbocycles. The maximum atomic E-state index is 13.9. The molecule has 0 spiro atoms. The summed E-state index contributed by atoms with van der Waals surface area (Å²) in [5, 5.41) is 0. The van der Waals surface area contributed by atoms with Gasteiger partial charge in [0.25, 0.3) is 0 Å². The van der Waals surface area contributed by atoms with Crippen LogP contribution in [0.2, 0.25) is 0 Å². The lowest BCUT2D eigenvalue weighted by atomic mass is 9.90. The predicted octanol–water partition coefficient (Wildman–Crippen LogP) is 3.07. The van der Waals surface area contributed by atoms with Gasteiger partial charge < -0.3 is 4.90 Å². The second kappa shape index (κ2) is 4.64. The van der Waals surface area contributed by atoms with Crippen molar-refractivity contribution >= 4 is 0 Å². The van der Waals surface area contributed by atoms with Crippen LogP contribution in [0.4, 0.5) is 17.6 Å². The molecule has 1 aliphatic heterocycles. The third-order valence-electron chi connectivity index (χ3n) is 3.16. The monoisotopic (exact) mass is 247 g/mol. The Bertz CT molecular complexity index is 415. The van der Waals surface area contributed by atoms with E-state index in [9.17, 15) is 17.6 Å². The molecule has 1 aliphatic rings. The average Bonchev–Trinajstić information content (AvgIpc) is 2.21. The van der Waals surface area contributed by atoms with Crippen LogP contribution < -0.4 is 0 Å². The summed E-state index contributed by atoms with van der Waals surface area (Å²) in [6.45, 7) is 3.72. The van der Waals surface area contributed by atoms with Crippen molar-refractivity contribution < 1.29 is 17.6 Å². The topological polar surface area (TPSA) is 3.24 Å². The first-order valence-corrected chi connectivity index (χ1v) is 5.53. The van der Waals surface area contributed by atoms with Crippen LogP contribution in [0.25, 0.3) is 0 Å². The number of rotatable bonds is 3. The molecule has 0 amide bonds. The van der Waals surface area contributed by atoms with Crippen LogP contribution in [-0.2, 0) is 0 Å². The fraction of sp³-hybridized carbons (Fsp3) is 0.500. The number of nitrogens with zero attached hydrogens (tertiary/aromatic N) is 1. The lowest BCUT2D eigenvalue weighted by molar-refractivity contribution is 0.0408. The maximum absolute atomic E-state index is 13.9. The molecule has 94 valence electrons. The molecule has 1 fully saturated rings. The van der Waals surface area contributed by atoms with E-state index in [1.807, 2.05) is 11.8 Å². The summed E-state index contributed by atoms with van der Waals surface area (Å²) in [6.07, 6.45) is -1.65. The molecule has 1 saturated heterocycles. The van der Waals surface area contributed by atoms with Gasteiger partial charge in [-0.2, -0.15) is 0 Å². The standard InChI is InChI=1S/C12H13F4N/c1-2-17-5-7(6-17)11(15)9-3-8(13)4-10(14)12(9)16/h3-4,7,11H,2,5-6H2,1H3. The van der Waals surface area contributed by atoms with Crippen LogP contribution in [0.3, 0.4) is 0 Å². The molecule has 1 nitrogen and oxygen atoms in total. The van der Waals surface area contributed by atoms with Gasteiger partial charge >= 0.3 is 0 Å². The van der Waals surface area contributed by atoms with Crippen molar-refractivity contribution in [2.75, 3.05) is 19.6 Å². The van der Waals surface area contributed by atoms with E-state index >= 15 is 0 Å². The summed E-state index contributed by atoms with van der Waals surface area (Å²) in [5.74, 6) is -3.96. The molecule has 1 unspecified atom stereocenters. The highest BCUT2D eigenvalue weighted by Gasteiger charge is 2.35. The summed E-state index contributed by atoms with van der Waals surface area (Å²) in [6, 6.07) is 1.16. The summed E-state index contributed by atoms with van der Waals surface area (Å²) >= 11 is 0. The Balaban J connectivity index is 2.17. The SMILES string of the molecule is CCN1CC(C(F)c2cc(F)cc(F)c2F)C1. The third-order valence-corrected chi connectivity index (χ3v) is 3.16. The molecule has 1 aromatic carbocycles.